The van der Waals surface area contributed by atoms with Gasteiger partial charge in [0, 0.05) is 10.0 Å². The third kappa shape index (κ3) is 4.48. The molecule has 2 aromatic rings. The minimum absolute atomic E-state index is 0.210. The summed E-state index contributed by atoms with van der Waals surface area (Å²) in [6.45, 7) is 3.98. The number of benzene rings is 2. The predicted molar refractivity (Wildman–Crippen MR) is 111 cm³/mol. The lowest BCUT2D eigenvalue weighted by Gasteiger charge is -2.12. The van der Waals surface area contributed by atoms with Crippen molar-refractivity contribution in [1.29, 1.82) is 0 Å². The van der Waals surface area contributed by atoms with E-state index in [1.807, 2.05) is 30.3 Å². The number of halogens is 2. The third-order valence-corrected chi connectivity index (χ3v) is 4.73. The van der Waals surface area contributed by atoms with E-state index in [2.05, 4.69) is 43.4 Å². The van der Waals surface area contributed by atoms with E-state index in [1.54, 1.807) is 25.3 Å². The van der Waals surface area contributed by atoms with E-state index in [9.17, 15) is 4.79 Å². The number of cyclic esters (lactones) is 1. The van der Waals surface area contributed by atoms with Crippen molar-refractivity contribution in [3.05, 3.63) is 74.8 Å². The Balaban J connectivity index is 1.93. The lowest BCUT2D eigenvalue weighted by atomic mass is 10.1. The average Bonchev–Trinajstić information content (AvgIpc) is 3.01. The quantitative estimate of drug-likeness (QED) is 0.318. The lowest BCUT2D eigenvalue weighted by molar-refractivity contribution is -0.129. The molecule has 0 atom stereocenters. The van der Waals surface area contributed by atoms with Crippen LogP contribution in [0.3, 0.4) is 0 Å². The summed E-state index contributed by atoms with van der Waals surface area (Å²) in [7, 11) is 1.55. The van der Waals surface area contributed by atoms with Crippen molar-refractivity contribution in [2.45, 2.75) is 0 Å². The number of methoxy groups -OCH3 is 1. The summed E-state index contributed by atoms with van der Waals surface area (Å²) in [5.74, 6) is 0.861. The highest BCUT2D eigenvalue weighted by Gasteiger charge is 2.24. The molecule has 5 nitrogen and oxygen atoms in total. The molecule has 3 rings (SSSR count). The summed E-state index contributed by atoms with van der Waals surface area (Å²) in [4.78, 5) is 16.5. The normalized spacial score (nSPS) is 14.7. The molecule has 138 valence electrons. The highest BCUT2D eigenvalue weighted by Crippen LogP contribution is 2.37. The van der Waals surface area contributed by atoms with Gasteiger partial charge in [-0.1, -0.05) is 28.6 Å². The predicted octanol–water partition coefficient (Wildman–Crippen LogP) is 5.13. The van der Waals surface area contributed by atoms with Crippen LogP contribution in [-0.2, 0) is 9.53 Å². The van der Waals surface area contributed by atoms with E-state index in [0.29, 0.717) is 22.6 Å². The first-order chi connectivity index (χ1) is 13.0. The van der Waals surface area contributed by atoms with E-state index in [-0.39, 0.29) is 11.6 Å². The van der Waals surface area contributed by atoms with Crippen molar-refractivity contribution < 1.29 is 19.0 Å². The maximum atomic E-state index is 12.2. The minimum Gasteiger partial charge on any atom is -0.493 e. The Labute approximate surface area is 173 Å². The summed E-state index contributed by atoms with van der Waals surface area (Å²) in [5, 5.41) is 0. The molecule has 0 bridgehead atoms. The Morgan fingerprint density at radius 1 is 1.22 bits per heavy atom. The fourth-order valence-electron chi connectivity index (χ4n) is 2.39. The van der Waals surface area contributed by atoms with Crippen LogP contribution in [0.2, 0.25) is 0 Å². The first kappa shape index (κ1) is 19.4. The van der Waals surface area contributed by atoms with Crippen molar-refractivity contribution >= 4 is 49.8 Å². The summed E-state index contributed by atoms with van der Waals surface area (Å²) < 4.78 is 17.9. The van der Waals surface area contributed by atoms with Gasteiger partial charge in [0.1, 0.15) is 6.61 Å². The van der Waals surface area contributed by atoms with Crippen LogP contribution in [0.15, 0.2) is 68.7 Å². The van der Waals surface area contributed by atoms with E-state index < -0.39 is 5.97 Å². The number of hydrogen-bond donors (Lipinski definition) is 0. The number of aliphatic imine (C=N–C) groups is 1. The zero-order chi connectivity index (χ0) is 19.4. The Morgan fingerprint density at radius 3 is 2.63 bits per heavy atom. The van der Waals surface area contributed by atoms with Crippen LogP contribution in [0.4, 0.5) is 0 Å². The second-order valence-corrected chi connectivity index (χ2v) is 7.25. The number of ether oxygens (including phenoxy) is 3. The fourth-order valence-corrected chi connectivity index (χ4v) is 3.23. The maximum absolute atomic E-state index is 12.2. The molecule has 1 aliphatic heterocycles. The molecule has 0 spiro atoms. The molecule has 27 heavy (non-hydrogen) atoms. The van der Waals surface area contributed by atoms with Crippen LogP contribution >= 0.6 is 31.9 Å². The Hall–Kier alpha value is -2.38. The van der Waals surface area contributed by atoms with Crippen LogP contribution in [0.1, 0.15) is 11.1 Å². The van der Waals surface area contributed by atoms with Gasteiger partial charge in [-0.25, -0.2) is 9.79 Å². The maximum Gasteiger partial charge on any atom is 0.363 e. The van der Waals surface area contributed by atoms with Gasteiger partial charge in [-0.05, 0) is 64.0 Å². The van der Waals surface area contributed by atoms with Gasteiger partial charge in [0.25, 0.3) is 0 Å². The van der Waals surface area contributed by atoms with Crippen molar-refractivity contribution in [2.75, 3.05) is 13.7 Å². The smallest absolute Gasteiger partial charge is 0.363 e. The molecule has 1 heterocycles. The van der Waals surface area contributed by atoms with Gasteiger partial charge >= 0.3 is 5.97 Å². The van der Waals surface area contributed by atoms with Gasteiger partial charge in [0.05, 0.1) is 11.6 Å². The van der Waals surface area contributed by atoms with Gasteiger partial charge in [-0.3, -0.25) is 0 Å². The fraction of sp³-hybridized carbons (Fsp3) is 0.100. The second-order valence-electron chi connectivity index (χ2n) is 5.48. The van der Waals surface area contributed by atoms with Crippen LogP contribution in [0, 0.1) is 0 Å². The van der Waals surface area contributed by atoms with Crippen molar-refractivity contribution in [2.24, 2.45) is 4.99 Å². The zero-order valence-corrected chi connectivity index (χ0v) is 17.5. The SMILES string of the molecule is C=CCOc1c(Br)cc(/C=C2\N=C(c3ccc(Br)cc3)OC2=O)cc1OC. The number of rotatable bonds is 6. The van der Waals surface area contributed by atoms with Crippen LogP contribution in [-0.4, -0.2) is 25.6 Å². The van der Waals surface area contributed by atoms with E-state index in [1.165, 1.54) is 0 Å². The van der Waals surface area contributed by atoms with Gasteiger partial charge in [0.2, 0.25) is 5.90 Å². The Bertz CT molecular complexity index is 949. The van der Waals surface area contributed by atoms with E-state index in [0.717, 1.165) is 15.6 Å². The van der Waals surface area contributed by atoms with E-state index in [4.69, 9.17) is 14.2 Å². The molecule has 7 heteroatoms. The summed E-state index contributed by atoms with van der Waals surface area (Å²) in [6, 6.07) is 10.9. The molecule has 1 aliphatic rings. The molecule has 0 saturated carbocycles. The topological polar surface area (TPSA) is 57.1 Å². The van der Waals surface area contributed by atoms with Crippen molar-refractivity contribution in [3.8, 4) is 11.5 Å². The van der Waals surface area contributed by atoms with Gasteiger partial charge in [0.15, 0.2) is 17.2 Å². The summed E-state index contributed by atoms with van der Waals surface area (Å²) in [5.41, 5.74) is 1.65. The van der Waals surface area contributed by atoms with E-state index >= 15 is 0 Å². The molecule has 0 aromatic heterocycles. The first-order valence-electron chi connectivity index (χ1n) is 7.91. The molecule has 0 saturated heterocycles. The average molecular weight is 493 g/mol. The molecule has 0 radical (unpaired) electrons. The van der Waals surface area contributed by atoms with Crippen molar-refractivity contribution in [1.82, 2.24) is 0 Å². The molecule has 0 fully saturated rings. The summed E-state index contributed by atoms with van der Waals surface area (Å²) >= 11 is 6.84. The molecular weight excluding hydrogens is 478 g/mol. The lowest BCUT2D eigenvalue weighted by Crippen LogP contribution is -2.05. The second kappa shape index (κ2) is 8.54. The highest BCUT2D eigenvalue weighted by molar-refractivity contribution is 9.10. The standard InChI is InChI=1S/C20H15Br2NO4/c1-3-8-26-18-15(22)9-12(11-17(18)25-2)10-16-20(24)27-19(23-16)13-4-6-14(21)7-5-13/h3-7,9-11H,1,8H2,2H3/b16-10-. The Kier molecular flexibility index (Phi) is 6.13. The molecule has 0 unspecified atom stereocenters. The molecule has 0 aliphatic carbocycles. The largest absolute Gasteiger partial charge is 0.493 e. The van der Waals surface area contributed by atoms with Crippen molar-refractivity contribution in [3.63, 3.8) is 0 Å². The van der Waals surface area contributed by atoms with Gasteiger partial charge in [-0.15, -0.1) is 0 Å². The first-order valence-corrected chi connectivity index (χ1v) is 9.50. The molecular formula is C20H15Br2NO4. The van der Waals surface area contributed by atoms with Gasteiger partial charge < -0.3 is 14.2 Å². The molecule has 0 N–H and O–H groups in total. The van der Waals surface area contributed by atoms with Crippen LogP contribution in [0.25, 0.3) is 6.08 Å². The van der Waals surface area contributed by atoms with Crippen LogP contribution in [0.5, 0.6) is 11.5 Å². The zero-order valence-electron chi connectivity index (χ0n) is 14.4. The highest BCUT2D eigenvalue weighted by atomic mass is 79.9. The molecule has 0 amide bonds. The van der Waals surface area contributed by atoms with Gasteiger partial charge in [-0.2, -0.15) is 0 Å². The Morgan fingerprint density at radius 2 is 1.96 bits per heavy atom. The monoisotopic (exact) mass is 491 g/mol. The number of carbonyl (C=O) groups is 1. The minimum atomic E-state index is -0.505. The number of hydrogen-bond acceptors (Lipinski definition) is 5. The number of esters is 1. The summed E-state index contributed by atoms with van der Waals surface area (Å²) in [6.07, 6.45) is 3.29. The third-order valence-electron chi connectivity index (χ3n) is 3.61. The number of nitrogens with zero attached hydrogens (tertiary/aromatic N) is 1. The molecule has 2 aromatic carbocycles. The number of carbonyl (C=O) groups excluding carboxylic acids is 1. The van der Waals surface area contributed by atoms with Crippen LogP contribution < -0.4 is 9.47 Å².